The molecule has 1 N–H and O–H groups in total. The molecule has 0 saturated heterocycles. The zero-order chi connectivity index (χ0) is 13.7. The predicted molar refractivity (Wildman–Crippen MR) is 65.3 cm³/mol. The second-order valence-corrected chi connectivity index (χ2v) is 3.73. The van der Waals surface area contributed by atoms with Crippen molar-refractivity contribution in [3.8, 4) is 11.5 Å². The number of aliphatic carboxylic acids is 1. The molecule has 0 fully saturated rings. The molecule has 18 heavy (non-hydrogen) atoms. The van der Waals surface area contributed by atoms with Gasteiger partial charge in [-0.05, 0) is 24.6 Å². The fourth-order valence-electron chi connectivity index (χ4n) is 1.67. The summed E-state index contributed by atoms with van der Waals surface area (Å²) in [7, 11) is 2.91. The third kappa shape index (κ3) is 2.80. The van der Waals surface area contributed by atoms with Crippen molar-refractivity contribution in [3.05, 3.63) is 23.8 Å². The molecule has 1 rings (SSSR count). The summed E-state index contributed by atoms with van der Waals surface area (Å²) in [5.41, 5.74) is 0.228. The maximum atomic E-state index is 12.1. The first-order valence-electron chi connectivity index (χ1n) is 5.54. The van der Waals surface area contributed by atoms with E-state index >= 15 is 0 Å². The third-order valence-corrected chi connectivity index (χ3v) is 2.69. The number of hydrogen-bond donors (Lipinski definition) is 1. The van der Waals surface area contributed by atoms with E-state index in [0.29, 0.717) is 11.5 Å². The number of hydrogen-bond acceptors (Lipinski definition) is 4. The number of ether oxygens (including phenoxy) is 2. The van der Waals surface area contributed by atoms with Crippen LogP contribution in [0.1, 0.15) is 23.7 Å². The molecule has 1 atom stereocenters. The molecule has 0 aromatic heterocycles. The van der Waals surface area contributed by atoms with Gasteiger partial charge in [0.15, 0.2) is 5.78 Å². The first-order chi connectivity index (χ1) is 8.54. The van der Waals surface area contributed by atoms with E-state index in [1.807, 2.05) is 0 Å². The van der Waals surface area contributed by atoms with Crippen molar-refractivity contribution in [1.82, 2.24) is 0 Å². The lowest BCUT2D eigenvalue weighted by molar-refractivity contribution is -0.140. The van der Waals surface area contributed by atoms with Gasteiger partial charge >= 0.3 is 5.97 Å². The zero-order valence-electron chi connectivity index (χ0n) is 10.6. The molecule has 1 unspecified atom stereocenters. The van der Waals surface area contributed by atoms with Crippen molar-refractivity contribution < 1.29 is 24.2 Å². The smallest absolute Gasteiger partial charge is 0.314 e. The maximum absolute atomic E-state index is 12.1. The highest BCUT2D eigenvalue weighted by Gasteiger charge is 2.27. The minimum absolute atomic E-state index is 0.228. The van der Waals surface area contributed by atoms with E-state index in [-0.39, 0.29) is 12.0 Å². The normalized spacial score (nSPS) is 11.7. The third-order valence-electron chi connectivity index (χ3n) is 2.69. The van der Waals surface area contributed by atoms with Crippen LogP contribution >= 0.6 is 0 Å². The number of methoxy groups -OCH3 is 2. The fourth-order valence-corrected chi connectivity index (χ4v) is 1.67. The monoisotopic (exact) mass is 252 g/mol. The number of carbonyl (C=O) groups is 2. The van der Waals surface area contributed by atoms with Crippen LogP contribution in [0, 0.1) is 5.92 Å². The standard InChI is InChI=1S/C13H16O5/c1-4-9(13(15)16)12(14)10-7-8(17-2)5-6-11(10)18-3/h5-7,9H,4H2,1-3H3,(H,15,16). The van der Waals surface area contributed by atoms with Gasteiger partial charge in [-0.15, -0.1) is 0 Å². The van der Waals surface area contributed by atoms with E-state index in [1.54, 1.807) is 19.1 Å². The lowest BCUT2D eigenvalue weighted by Crippen LogP contribution is -2.23. The molecule has 1 aromatic rings. The molecule has 5 heteroatoms. The first kappa shape index (κ1) is 14.0. The Morgan fingerprint density at radius 2 is 1.94 bits per heavy atom. The van der Waals surface area contributed by atoms with Crippen molar-refractivity contribution in [2.24, 2.45) is 5.92 Å². The molecule has 0 radical (unpaired) electrons. The van der Waals surface area contributed by atoms with E-state index in [4.69, 9.17) is 14.6 Å². The molecule has 0 amide bonds. The van der Waals surface area contributed by atoms with Crippen LogP contribution < -0.4 is 9.47 Å². The number of carboxylic acids is 1. The largest absolute Gasteiger partial charge is 0.497 e. The highest BCUT2D eigenvalue weighted by atomic mass is 16.5. The van der Waals surface area contributed by atoms with Crippen LogP contribution in [0.25, 0.3) is 0 Å². The maximum Gasteiger partial charge on any atom is 0.314 e. The molecule has 5 nitrogen and oxygen atoms in total. The average molecular weight is 252 g/mol. The second-order valence-electron chi connectivity index (χ2n) is 3.73. The van der Waals surface area contributed by atoms with E-state index < -0.39 is 17.7 Å². The zero-order valence-corrected chi connectivity index (χ0v) is 10.6. The molecule has 0 aliphatic heterocycles. The number of carbonyl (C=O) groups excluding carboxylic acids is 1. The van der Waals surface area contributed by atoms with Gasteiger partial charge in [0.25, 0.3) is 0 Å². The molecule has 1 aromatic carbocycles. The van der Waals surface area contributed by atoms with Crippen molar-refractivity contribution in [1.29, 1.82) is 0 Å². The Hall–Kier alpha value is -2.04. The van der Waals surface area contributed by atoms with Crippen molar-refractivity contribution in [2.45, 2.75) is 13.3 Å². The van der Waals surface area contributed by atoms with Crippen LogP contribution in [-0.2, 0) is 4.79 Å². The number of benzene rings is 1. The lowest BCUT2D eigenvalue weighted by atomic mass is 9.94. The van der Waals surface area contributed by atoms with Gasteiger partial charge in [-0.3, -0.25) is 9.59 Å². The molecule has 0 bridgehead atoms. The summed E-state index contributed by atoms with van der Waals surface area (Å²) in [4.78, 5) is 23.2. The Balaban J connectivity index is 3.20. The summed E-state index contributed by atoms with van der Waals surface area (Å²) in [6, 6.07) is 4.73. The quantitative estimate of drug-likeness (QED) is 0.619. The molecular formula is C13H16O5. The Labute approximate surface area is 105 Å². The molecule has 98 valence electrons. The highest BCUT2D eigenvalue weighted by molar-refractivity contribution is 6.09. The summed E-state index contributed by atoms with van der Waals surface area (Å²) < 4.78 is 10.1. The Kier molecular flexibility index (Phi) is 4.71. The van der Waals surface area contributed by atoms with Gasteiger partial charge in [0, 0.05) is 0 Å². The second kappa shape index (κ2) is 6.05. The van der Waals surface area contributed by atoms with Gasteiger partial charge < -0.3 is 14.6 Å². The summed E-state index contributed by atoms with van der Waals surface area (Å²) in [5, 5.41) is 9.00. The minimum atomic E-state index is -1.13. The Morgan fingerprint density at radius 1 is 1.28 bits per heavy atom. The number of carboxylic acid groups (broad SMARTS) is 1. The van der Waals surface area contributed by atoms with Crippen LogP contribution in [-0.4, -0.2) is 31.1 Å². The first-order valence-corrected chi connectivity index (χ1v) is 5.54. The van der Waals surface area contributed by atoms with Gasteiger partial charge in [-0.25, -0.2) is 0 Å². The van der Waals surface area contributed by atoms with Gasteiger partial charge in [-0.1, -0.05) is 6.92 Å². The molecule has 0 aliphatic carbocycles. The van der Waals surface area contributed by atoms with Crippen molar-refractivity contribution >= 4 is 11.8 Å². The Morgan fingerprint density at radius 3 is 2.39 bits per heavy atom. The fraction of sp³-hybridized carbons (Fsp3) is 0.385. The van der Waals surface area contributed by atoms with Gasteiger partial charge in [-0.2, -0.15) is 0 Å². The number of ketones is 1. The predicted octanol–water partition coefficient (Wildman–Crippen LogP) is 2.00. The van der Waals surface area contributed by atoms with Crippen molar-refractivity contribution in [3.63, 3.8) is 0 Å². The van der Waals surface area contributed by atoms with E-state index in [9.17, 15) is 9.59 Å². The highest BCUT2D eigenvalue weighted by Crippen LogP contribution is 2.27. The molecule has 0 aliphatic rings. The van der Waals surface area contributed by atoms with E-state index in [1.165, 1.54) is 20.3 Å². The van der Waals surface area contributed by atoms with Crippen LogP contribution in [0.15, 0.2) is 18.2 Å². The van der Waals surface area contributed by atoms with E-state index in [2.05, 4.69) is 0 Å². The summed E-state index contributed by atoms with van der Waals surface area (Å²) in [6.07, 6.45) is 0.231. The lowest BCUT2D eigenvalue weighted by Gasteiger charge is -2.13. The van der Waals surface area contributed by atoms with E-state index in [0.717, 1.165) is 0 Å². The van der Waals surface area contributed by atoms with Gasteiger partial charge in [0.2, 0.25) is 0 Å². The van der Waals surface area contributed by atoms with Gasteiger partial charge in [0.05, 0.1) is 19.8 Å². The van der Waals surface area contributed by atoms with Crippen LogP contribution in [0.3, 0.4) is 0 Å². The van der Waals surface area contributed by atoms with Crippen LogP contribution in [0.2, 0.25) is 0 Å². The average Bonchev–Trinajstić information content (AvgIpc) is 2.38. The van der Waals surface area contributed by atoms with Crippen LogP contribution in [0.5, 0.6) is 11.5 Å². The number of Topliss-reactive ketones (excluding diaryl/α,β-unsaturated/α-hetero) is 1. The number of rotatable bonds is 6. The molecular weight excluding hydrogens is 236 g/mol. The molecule has 0 spiro atoms. The van der Waals surface area contributed by atoms with Gasteiger partial charge in [0.1, 0.15) is 17.4 Å². The van der Waals surface area contributed by atoms with Crippen molar-refractivity contribution in [2.75, 3.05) is 14.2 Å². The summed E-state index contributed by atoms with van der Waals surface area (Å²) in [6.45, 7) is 1.66. The summed E-state index contributed by atoms with van der Waals surface area (Å²) in [5.74, 6) is -1.83. The topological polar surface area (TPSA) is 72.8 Å². The SMILES string of the molecule is CCC(C(=O)O)C(=O)c1cc(OC)ccc1OC. The molecule has 0 saturated carbocycles. The minimum Gasteiger partial charge on any atom is -0.497 e. The molecule has 0 heterocycles. The summed E-state index contributed by atoms with van der Waals surface area (Å²) >= 11 is 0. The Bertz CT molecular complexity index is 453. The van der Waals surface area contributed by atoms with Crippen LogP contribution in [0.4, 0.5) is 0 Å².